The number of hydrogen-bond donors (Lipinski definition) is 0. The molecule has 3 heterocycles. The minimum absolute atomic E-state index is 0.217. The lowest BCUT2D eigenvalue weighted by Crippen LogP contribution is -2.33. The van der Waals surface area contributed by atoms with Crippen LogP contribution in [-0.2, 0) is 10.0 Å². The molecule has 1 aliphatic rings. The molecule has 0 aliphatic carbocycles. The van der Waals surface area contributed by atoms with Crippen molar-refractivity contribution in [2.75, 3.05) is 18.8 Å². The van der Waals surface area contributed by atoms with Gasteiger partial charge < -0.3 is 4.42 Å². The zero-order valence-electron chi connectivity index (χ0n) is 11.4. The molecule has 1 saturated heterocycles. The molecule has 5 nitrogen and oxygen atoms in total. The molecular weight excluding hydrogens is 308 g/mol. The molecule has 7 heteroatoms. The summed E-state index contributed by atoms with van der Waals surface area (Å²) in [6, 6.07) is 7.05. The van der Waals surface area contributed by atoms with Gasteiger partial charge in [0.25, 0.3) is 0 Å². The van der Waals surface area contributed by atoms with Gasteiger partial charge in [-0.1, -0.05) is 0 Å². The van der Waals surface area contributed by atoms with Crippen LogP contribution in [-0.4, -0.2) is 36.5 Å². The minimum atomic E-state index is -3.45. The lowest BCUT2D eigenvalue weighted by atomic mass is 10.2. The van der Waals surface area contributed by atoms with Gasteiger partial charge >= 0.3 is 0 Å². The van der Waals surface area contributed by atoms with Crippen LogP contribution in [0.25, 0.3) is 0 Å². The highest BCUT2D eigenvalue weighted by Gasteiger charge is 2.29. The van der Waals surface area contributed by atoms with Crippen molar-refractivity contribution in [3.8, 4) is 0 Å². The monoisotopic (exact) mass is 324 g/mol. The zero-order valence-corrected chi connectivity index (χ0v) is 13.0. The smallest absolute Gasteiger partial charge is 0.244 e. The largest absolute Gasteiger partial charge is 0.468 e. The van der Waals surface area contributed by atoms with Crippen LogP contribution in [0.2, 0.25) is 0 Å². The molecule has 0 amide bonds. The summed E-state index contributed by atoms with van der Waals surface area (Å²) in [5.74, 6) is 1.67. The summed E-state index contributed by atoms with van der Waals surface area (Å²) in [6.45, 7) is 1.01. The number of sulfonamides is 1. The molecule has 1 aliphatic heterocycles. The average molecular weight is 324 g/mol. The Morgan fingerprint density at radius 1 is 1.29 bits per heavy atom. The molecule has 0 spiro atoms. The molecule has 0 N–H and O–H groups in total. The van der Waals surface area contributed by atoms with Gasteiger partial charge in [0, 0.05) is 31.2 Å². The maximum absolute atomic E-state index is 12.6. The first-order valence-electron chi connectivity index (χ1n) is 6.73. The molecule has 0 radical (unpaired) electrons. The summed E-state index contributed by atoms with van der Waals surface area (Å²) in [4.78, 5) is 4.15. The van der Waals surface area contributed by atoms with Gasteiger partial charge in [-0.25, -0.2) is 8.42 Å². The minimum Gasteiger partial charge on any atom is -0.468 e. The molecule has 0 bridgehead atoms. The lowest BCUT2D eigenvalue weighted by Gasteiger charge is -2.19. The van der Waals surface area contributed by atoms with Crippen molar-refractivity contribution in [3.05, 3.63) is 48.7 Å². The van der Waals surface area contributed by atoms with Crippen molar-refractivity contribution in [3.63, 3.8) is 0 Å². The average Bonchev–Trinajstić information content (AvgIpc) is 2.92. The Bertz CT molecular complexity index is 672. The number of nitrogens with zero attached hydrogens (tertiary/aromatic N) is 2. The van der Waals surface area contributed by atoms with Gasteiger partial charge in [-0.15, -0.1) is 11.8 Å². The topological polar surface area (TPSA) is 63.4 Å². The fourth-order valence-electron chi connectivity index (χ4n) is 2.34. The second kappa shape index (κ2) is 6.21. The molecular formula is C14H16N2O3S2. The normalized spacial score (nSPS) is 21.0. The third-order valence-corrected chi connectivity index (χ3v) is 6.60. The number of pyridine rings is 1. The summed E-state index contributed by atoms with van der Waals surface area (Å²) in [5.41, 5.74) is 0. The lowest BCUT2D eigenvalue weighted by molar-refractivity contribution is 0.417. The van der Waals surface area contributed by atoms with Crippen LogP contribution in [0.3, 0.4) is 0 Å². The maximum atomic E-state index is 12.6. The first-order chi connectivity index (χ1) is 10.2. The van der Waals surface area contributed by atoms with Crippen LogP contribution in [0, 0.1) is 0 Å². The second-order valence-electron chi connectivity index (χ2n) is 4.76. The Kier molecular flexibility index (Phi) is 4.32. The number of furan rings is 1. The predicted octanol–water partition coefficient (Wildman–Crippen LogP) is 2.54. The molecule has 3 rings (SSSR count). The van der Waals surface area contributed by atoms with Gasteiger partial charge in [-0.3, -0.25) is 4.98 Å². The predicted molar refractivity (Wildman–Crippen MR) is 81.5 cm³/mol. The summed E-state index contributed by atoms with van der Waals surface area (Å²) in [7, 11) is -3.45. The second-order valence-corrected chi connectivity index (χ2v) is 8.00. The summed E-state index contributed by atoms with van der Waals surface area (Å²) >= 11 is 1.74. The van der Waals surface area contributed by atoms with E-state index in [1.807, 2.05) is 12.1 Å². The number of aromatic nitrogens is 1. The van der Waals surface area contributed by atoms with Crippen LogP contribution in [0.5, 0.6) is 0 Å². The molecule has 2 aromatic rings. The van der Waals surface area contributed by atoms with Crippen LogP contribution < -0.4 is 0 Å². The van der Waals surface area contributed by atoms with E-state index in [0.29, 0.717) is 13.1 Å². The molecule has 112 valence electrons. The van der Waals surface area contributed by atoms with E-state index < -0.39 is 10.0 Å². The van der Waals surface area contributed by atoms with E-state index >= 15 is 0 Å². The van der Waals surface area contributed by atoms with E-state index in [4.69, 9.17) is 4.42 Å². The van der Waals surface area contributed by atoms with Crippen molar-refractivity contribution in [2.45, 2.75) is 16.6 Å². The molecule has 1 fully saturated rings. The van der Waals surface area contributed by atoms with E-state index in [0.717, 1.165) is 17.9 Å². The first-order valence-corrected chi connectivity index (χ1v) is 9.22. The molecule has 1 atom stereocenters. The van der Waals surface area contributed by atoms with Crippen LogP contribution in [0.4, 0.5) is 0 Å². The first kappa shape index (κ1) is 14.6. The Morgan fingerprint density at radius 2 is 2.19 bits per heavy atom. The van der Waals surface area contributed by atoms with Gasteiger partial charge in [-0.05, 0) is 30.7 Å². The Labute approximate surface area is 128 Å². The van der Waals surface area contributed by atoms with Crippen molar-refractivity contribution < 1.29 is 12.8 Å². The van der Waals surface area contributed by atoms with E-state index in [9.17, 15) is 8.42 Å². The van der Waals surface area contributed by atoms with Crippen molar-refractivity contribution in [2.24, 2.45) is 0 Å². The molecule has 0 aromatic carbocycles. The van der Waals surface area contributed by atoms with E-state index in [2.05, 4.69) is 4.98 Å². The highest BCUT2D eigenvalue weighted by atomic mass is 32.2. The fourth-order valence-corrected chi connectivity index (χ4v) is 5.06. The molecule has 21 heavy (non-hydrogen) atoms. The molecule has 2 aromatic heterocycles. The van der Waals surface area contributed by atoms with Crippen molar-refractivity contribution in [1.29, 1.82) is 0 Å². The SMILES string of the molecule is O=S(=O)(c1cccnc1)N1CCS[C@@H](c2ccco2)CC1. The quantitative estimate of drug-likeness (QED) is 0.868. The standard InChI is InChI=1S/C14H16N2O3S2/c17-21(18,12-3-1-6-15-11-12)16-7-5-14(20-10-8-16)13-4-2-9-19-13/h1-4,6,9,11,14H,5,7-8,10H2/t14-/m1/s1. The van der Waals surface area contributed by atoms with Gasteiger partial charge in [0.05, 0.1) is 11.5 Å². The van der Waals surface area contributed by atoms with Crippen molar-refractivity contribution in [1.82, 2.24) is 9.29 Å². The number of thioether (sulfide) groups is 1. The van der Waals surface area contributed by atoms with Crippen LogP contribution >= 0.6 is 11.8 Å². The van der Waals surface area contributed by atoms with E-state index in [-0.39, 0.29) is 10.1 Å². The summed E-state index contributed by atoms with van der Waals surface area (Å²) in [5, 5.41) is 0.217. The molecule has 0 unspecified atom stereocenters. The number of rotatable bonds is 3. The Morgan fingerprint density at radius 3 is 2.90 bits per heavy atom. The van der Waals surface area contributed by atoms with E-state index in [1.165, 1.54) is 6.20 Å². The van der Waals surface area contributed by atoms with Gasteiger partial charge in [0.2, 0.25) is 10.0 Å². The van der Waals surface area contributed by atoms with Gasteiger partial charge in [-0.2, -0.15) is 4.31 Å². The van der Waals surface area contributed by atoms with Crippen LogP contribution in [0.1, 0.15) is 17.4 Å². The maximum Gasteiger partial charge on any atom is 0.244 e. The van der Waals surface area contributed by atoms with Crippen molar-refractivity contribution >= 4 is 21.8 Å². The summed E-state index contributed by atoms with van der Waals surface area (Å²) < 4.78 is 32.1. The van der Waals surface area contributed by atoms with Crippen LogP contribution in [0.15, 0.2) is 52.2 Å². The Balaban J connectivity index is 1.76. The van der Waals surface area contributed by atoms with E-state index in [1.54, 1.807) is 40.7 Å². The Hall–Kier alpha value is -1.31. The highest BCUT2D eigenvalue weighted by Crippen LogP contribution is 2.35. The highest BCUT2D eigenvalue weighted by molar-refractivity contribution is 7.99. The number of hydrogen-bond acceptors (Lipinski definition) is 5. The van der Waals surface area contributed by atoms with Gasteiger partial charge in [0.1, 0.15) is 10.7 Å². The summed E-state index contributed by atoms with van der Waals surface area (Å²) in [6.07, 6.45) is 5.38. The fraction of sp³-hybridized carbons (Fsp3) is 0.357. The molecule has 0 saturated carbocycles. The third kappa shape index (κ3) is 3.14. The third-order valence-electron chi connectivity index (χ3n) is 3.43. The van der Waals surface area contributed by atoms with Gasteiger partial charge in [0.15, 0.2) is 0 Å². The zero-order chi connectivity index (χ0) is 14.7.